The van der Waals surface area contributed by atoms with E-state index in [0.29, 0.717) is 5.56 Å². The summed E-state index contributed by atoms with van der Waals surface area (Å²) in [7, 11) is 0. The standard InChI is InChI=1S/C21H18N4O6S/c1-32-17-8-6-15(7-9-17)24-11-14(10-19(24)26)21(27)30-12-18-22-20(23-31-18)13-2-4-16(5-3-13)25(28)29/h2-9,14H,10-12H2,1H3. The van der Waals surface area contributed by atoms with E-state index in [1.807, 2.05) is 30.5 Å². The van der Waals surface area contributed by atoms with E-state index in [9.17, 15) is 19.7 Å². The second-order valence-electron chi connectivity index (χ2n) is 7.03. The summed E-state index contributed by atoms with van der Waals surface area (Å²) in [6, 6.07) is 13.2. The molecule has 1 amide bonds. The summed E-state index contributed by atoms with van der Waals surface area (Å²) in [5, 5.41) is 14.5. The molecule has 0 saturated carbocycles. The maximum Gasteiger partial charge on any atom is 0.311 e. The number of ether oxygens (including phenoxy) is 1. The van der Waals surface area contributed by atoms with E-state index in [0.717, 1.165) is 10.6 Å². The van der Waals surface area contributed by atoms with Crippen LogP contribution in [-0.2, 0) is 20.9 Å². The first-order valence-corrected chi connectivity index (χ1v) is 10.9. The topological polar surface area (TPSA) is 129 Å². The number of benzene rings is 2. The molecule has 1 saturated heterocycles. The molecule has 0 radical (unpaired) electrons. The lowest BCUT2D eigenvalue weighted by Gasteiger charge is -2.16. The molecule has 4 rings (SSSR count). The summed E-state index contributed by atoms with van der Waals surface area (Å²) in [5.41, 5.74) is 1.22. The van der Waals surface area contributed by atoms with Crippen LogP contribution in [0.5, 0.6) is 0 Å². The predicted molar refractivity (Wildman–Crippen MR) is 115 cm³/mol. The summed E-state index contributed by atoms with van der Waals surface area (Å²) in [4.78, 5) is 41.9. The Labute approximate surface area is 186 Å². The molecule has 1 aliphatic rings. The van der Waals surface area contributed by atoms with Crippen molar-refractivity contribution in [2.75, 3.05) is 17.7 Å². The number of carbonyl (C=O) groups excluding carboxylic acids is 2. The molecule has 10 nitrogen and oxygen atoms in total. The second-order valence-corrected chi connectivity index (χ2v) is 7.91. The van der Waals surface area contributed by atoms with Crippen molar-refractivity contribution in [2.24, 2.45) is 5.92 Å². The molecule has 1 atom stereocenters. The number of aromatic nitrogens is 2. The van der Waals surface area contributed by atoms with Crippen LogP contribution in [0, 0.1) is 16.0 Å². The number of thioether (sulfide) groups is 1. The number of amides is 1. The van der Waals surface area contributed by atoms with Gasteiger partial charge in [0.2, 0.25) is 11.7 Å². The Morgan fingerprint density at radius 2 is 1.97 bits per heavy atom. The Balaban J connectivity index is 1.34. The van der Waals surface area contributed by atoms with E-state index in [1.54, 1.807) is 16.7 Å². The lowest BCUT2D eigenvalue weighted by atomic mass is 10.1. The fourth-order valence-corrected chi connectivity index (χ4v) is 3.70. The van der Waals surface area contributed by atoms with Crippen molar-refractivity contribution in [3.8, 4) is 11.4 Å². The Hall–Kier alpha value is -3.73. The van der Waals surface area contributed by atoms with Crippen LogP contribution in [0.3, 0.4) is 0 Å². The van der Waals surface area contributed by atoms with E-state index in [1.165, 1.54) is 24.3 Å². The van der Waals surface area contributed by atoms with Crippen LogP contribution in [0.2, 0.25) is 0 Å². The number of rotatable bonds is 7. The SMILES string of the molecule is CSc1ccc(N2CC(C(=O)OCc3nc(-c4ccc([N+](=O)[O-])cc4)no3)CC2=O)cc1. The van der Waals surface area contributed by atoms with E-state index in [4.69, 9.17) is 9.26 Å². The maximum absolute atomic E-state index is 12.5. The summed E-state index contributed by atoms with van der Waals surface area (Å²) >= 11 is 1.61. The third kappa shape index (κ3) is 4.62. The van der Waals surface area contributed by atoms with Gasteiger partial charge >= 0.3 is 5.97 Å². The molecule has 1 fully saturated rings. The largest absolute Gasteiger partial charge is 0.455 e. The highest BCUT2D eigenvalue weighted by Gasteiger charge is 2.36. The minimum Gasteiger partial charge on any atom is -0.455 e. The number of esters is 1. The van der Waals surface area contributed by atoms with E-state index >= 15 is 0 Å². The van der Waals surface area contributed by atoms with E-state index in [2.05, 4.69) is 10.1 Å². The molecule has 11 heteroatoms. The molecule has 32 heavy (non-hydrogen) atoms. The molecular formula is C21H18N4O6S. The Bertz CT molecular complexity index is 1150. The highest BCUT2D eigenvalue weighted by molar-refractivity contribution is 7.98. The molecule has 1 unspecified atom stereocenters. The summed E-state index contributed by atoms with van der Waals surface area (Å²) < 4.78 is 10.4. The summed E-state index contributed by atoms with van der Waals surface area (Å²) in [5.74, 6) is -0.930. The van der Waals surface area contributed by atoms with Crippen molar-refractivity contribution < 1.29 is 23.8 Å². The first-order valence-electron chi connectivity index (χ1n) is 9.63. The molecule has 2 aromatic carbocycles. The lowest BCUT2D eigenvalue weighted by Crippen LogP contribution is -2.26. The fraction of sp³-hybridized carbons (Fsp3) is 0.238. The van der Waals surface area contributed by atoms with Crippen molar-refractivity contribution in [1.29, 1.82) is 0 Å². The molecule has 164 valence electrons. The van der Waals surface area contributed by atoms with Gasteiger partial charge < -0.3 is 14.2 Å². The van der Waals surface area contributed by atoms with E-state index in [-0.39, 0.29) is 42.9 Å². The van der Waals surface area contributed by atoms with Gasteiger partial charge in [0.25, 0.3) is 11.6 Å². The third-order valence-corrected chi connectivity index (χ3v) is 5.73. The normalized spacial score (nSPS) is 15.7. The smallest absolute Gasteiger partial charge is 0.311 e. The minimum atomic E-state index is -0.584. The minimum absolute atomic E-state index is 0.0493. The van der Waals surface area contributed by atoms with Crippen molar-refractivity contribution in [3.05, 3.63) is 64.5 Å². The zero-order chi connectivity index (χ0) is 22.7. The Morgan fingerprint density at radius 3 is 2.62 bits per heavy atom. The summed E-state index contributed by atoms with van der Waals surface area (Å²) in [6.45, 7) is 0.0140. The van der Waals surface area contributed by atoms with E-state index < -0.39 is 16.8 Å². The van der Waals surface area contributed by atoms with Gasteiger partial charge in [-0.15, -0.1) is 11.8 Å². The average Bonchev–Trinajstić information content (AvgIpc) is 3.44. The second kappa shape index (κ2) is 9.18. The lowest BCUT2D eigenvalue weighted by molar-refractivity contribution is -0.384. The molecule has 1 aromatic heterocycles. The van der Waals surface area contributed by atoms with Gasteiger partial charge in [-0.1, -0.05) is 5.16 Å². The number of hydrogen-bond acceptors (Lipinski definition) is 9. The zero-order valence-corrected chi connectivity index (χ0v) is 17.8. The van der Waals surface area contributed by atoms with Crippen molar-refractivity contribution >= 4 is 35.0 Å². The molecule has 0 aliphatic carbocycles. The molecule has 0 N–H and O–H groups in total. The number of nitrogens with zero attached hydrogens (tertiary/aromatic N) is 4. The molecular weight excluding hydrogens is 436 g/mol. The highest BCUT2D eigenvalue weighted by atomic mass is 32.2. The van der Waals surface area contributed by atoms with Gasteiger partial charge in [0.05, 0.1) is 10.8 Å². The Kier molecular flexibility index (Phi) is 6.17. The van der Waals surface area contributed by atoms with Crippen molar-refractivity contribution in [3.63, 3.8) is 0 Å². The van der Waals surface area contributed by atoms with Gasteiger partial charge in [0.15, 0.2) is 6.61 Å². The number of nitro benzene ring substituents is 1. The van der Waals surface area contributed by atoms with Gasteiger partial charge in [-0.05, 0) is 42.7 Å². The number of carbonyl (C=O) groups is 2. The van der Waals surface area contributed by atoms with Crippen LogP contribution >= 0.6 is 11.8 Å². The first kappa shape index (κ1) is 21.5. The highest BCUT2D eigenvalue weighted by Crippen LogP contribution is 2.28. The predicted octanol–water partition coefficient (Wildman–Crippen LogP) is 3.46. The maximum atomic E-state index is 12.5. The molecule has 3 aromatic rings. The van der Waals surface area contributed by atoms with Crippen LogP contribution in [0.1, 0.15) is 12.3 Å². The average molecular weight is 454 g/mol. The Morgan fingerprint density at radius 1 is 1.25 bits per heavy atom. The van der Waals surface area contributed by atoms with Gasteiger partial charge in [0, 0.05) is 41.2 Å². The molecule has 0 bridgehead atoms. The quantitative estimate of drug-likeness (QED) is 0.228. The number of nitro groups is 1. The van der Waals surface area contributed by atoms with Crippen LogP contribution < -0.4 is 4.90 Å². The molecule has 1 aliphatic heterocycles. The van der Waals surface area contributed by atoms with Crippen molar-refractivity contribution in [2.45, 2.75) is 17.9 Å². The zero-order valence-electron chi connectivity index (χ0n) is 17.0. The van der Waals surface area contributed by atoms with Crippen LogP contribution in [0.25, 0.3) is 11.4 Å². The van der Waals surface area contributed by atoms with Gasteiger partial charge in [-0.2, -0.15) is 4.98 Å². The fourth-order valence-electron chi connectivity index (χ4n) is 3.29. The number of anilines is 1. The van der Waals surface area contributed by atoms with Gasteiger partial charge in [-0.25, -0.2) is 0 Å². The first-order chi connectivity index (χ1) is 15.4. The molecule has 0 spiro atoms. The molecule has 2 heterocycles. The van der Waals surface area contributed by atoms with Crippen LogP contribution in [0.15, 0.2) is 57.9 Å². The van der Waals surface area contributed by atoms with Gasteiger partial charge in [-0.3, -0.25) is 19.7 Å². The van der Waals surface area contributed by atoms with Crippen molar-refractivity contribution in [1.82, 2.24) is 10.1 Å². The number of hydrogen-bond donors (Lipinski definition) is 0. The van der Waals surface area contributed by atoms with Crippen LogP contribution in [-0.4, -0.2) is 39.7 Å². The number of non-ortho nitro benzene ring substituents is 1. The summed E-state index contributed by atoms with van der Waals surface area (Å²) in [6.07, 6.45) is 2.04. The van der Waals surface area contributed by atoms with Gasteiger partial charge in [0.1, 0.15) is 0 Å². The third-order valence-electron chi connectivity index (χ3n) is 4.98. The monoisotopic (exact) mass is 454 g/mol. The van der Waals surface area contributed by atoms with Crippen LogP contribution in [0.4, 0.5) is 11.4 Å².